The van der Waals surface area contributed by atoms with Crippen molar-refractivity contribution in [3.8, 4) is 0 Å². The first-order valence-electron chi connectivity index (χ1n) is 6.94. The Bertz CT molecular complexity index is 1160. The molecular weight excluding hydrogens is 420 g/mol. The van der Waals surface area contributed by atoms with Crippen molar-refractivity contribution in [3.63, 3.8) is 0 Å². The maximum absolute atomic E-state index is 12.1. The van der Waals surface area contributed by atoms with Crippen molar-refractivity contribution >= 4 is 36.1 Å². The molecule has 146 valence electrons. The largest absolute Gasteiger partial charge is 0.343 e. The number of carbonyl (C=O) groups is 1. The van der Waals surface area contributed by atoms with Crippen LogP contribution in [0, 0.1) is 0 Å². The molecule has 0 bridgehead atoms. The summed E-state index contributed by atoms with van der Waals surface area (Å²) in [4.78, 5) is 12.2. The standard InChI is InChI=1S/C13H14N4O7S3/c14-25(19,20)11-7-4-8-12(9-11)27(23,24)17-15-13(18)16-26(21,22)10-5-2-1-3-6-10/h1-9,17H,(H2,14,19,20)(H2,15,16,18). The zero-order valence-corrected chi connectivity index (χ0v) is 15.8. The molecule has 0 saturated heterocycles. The summed E-state index contributed by atoms with van der Waals surface area (Å²) in [5.74, 6) is 0. The summed E-state index contributed by atoms with van der Waals surface area (Å²) in [5.41, 5.74) is 1.66. The number of hydrogen-bond acceptors (Lipinski definition) is 7. The van der Waals surface area contributed by atoms with Gasteiger partial charge in [0.15, 0.2) is 0 Å². The number of amides is 2. The van der Waals surface area contributed by atoms with Crippen LogP contribution in [0.4, 0.5) is 4.79 Å². The molecule has 27 heavy (non-hydrogen) atoms. The molecular formula is C13H14N4O7S3. The van der Waals surface area contributed by atoms with E-state index in [9.17, 15) is 30.0 Å². The average molecular weight is 434 g/mol. The highest BCUT2D eigenvalue weighted by Gasteiger charge is 2.21. The molecule has 0 unspecified atom stereocenters. The number of primary sulfonamides is 1. The van der Waals surface area contributed by atoms with Gasteiger partial charge in [0.25, 0.3) is 20.0 Å². The second-order valence-corrected chi connectivity index (χ2v) is 9.92. The van der Waals surface area contributed by atoms with Gasteiger partial charge in [-0.25, -0.2) is 39.9 Å². The second-order valence-electron chi connectivity index (χ2n) is 5.00. The Morgan fingerprint density at radius 3 is 1.89 bits per heavy atom. The first-order valence-corrected chi connectivity index (χ1v) is 11.5. The molecule has 0 saturated carbocycles. The highest BCUT2D eigenvalue weighted by molar-refractivity contribution is 7.90. The first-order chi connectivity index (χ1) is 12.4. The maximum atomic E-state index is 12.1. The molecule has 5 N–H and O–H groups in total. The lowest BCUT2D eigenvalue weighted by Crippen LogP contribution is -2.48. The minimum absolute atomic E-state index is 0.205. The minimum atomic E-state index is -4.40. The van der Waals surface area contributed by atoms with Gasteiger partial charge >= 0.3 is 6.03 Å². The van der Waals surface area contributed by atoms with Crippen LogP contribution >= 0.6 is 0 Å². The van der Waals surface area contributed by atoms with E-state index in [1.165, 1.54) is 24.3 Å². The Morgan fingerprint density at radius 2 is 1.30 bits per heavy atom. The predicted molar refractivity (Wildman–Crippen MR) is 93.4 cm³/mol. The van der Waals surface area contributed by atoms with Gasteiger partial charge in [-0.15, -0.1) is 4.83 Å². The fourth-order valence-electron chi connectivity index (χ4n) is 1.80. The topological polar surface area (TPSA) is 182 Å². The lowest BCUT2D eigenvalue weighted by atomic mass is 10.4. The van der Waals surface area contributed by atoms with Crippen LogP contribution < -0.4 is 20.1 Å². The van der Waals surface area contributed by atoms with Crippen LogP contribution in [0.3, 0.4) is 0 Å². The van der Waals surface area contributed by atoms with Crippen molar-refractivity contribution in [2.45, 2.75) is 14.7 Å². The fourth-order valence-corrected chi connectivity index (χ4v) is 4.24. The quantitative estimate of drug-likeness (QED) is 0.430. The smallest absolute Gasteiger partial charge is 0.258 e. The third-order valence-corrected chi connectivity index (χ3v) is 6.53. The lowest BCUT2D eigenvalue weighted by molar-refractivity contribution is 0.244. The minimum Gasteiger partial charge on any atom is -0.258 e. The van der Waals surface area contributed by atoms with Gasteiger partial charge in [-0.2, -0.15) is 0 Å². The SMILES string of the molecule is NS(=O)(=O)c1cccc(S(=O)(=O)NNC(=O)NS(=O)(=O)c2ccccc2)c1. The zero-order chi connectivity index (χ0) is 20.3. The molecule has 11 nitrogen and oxygen atoms in total. The molecule has 14 heteroatoms. The highest BCUT2D eigenvalue weighted by Crippen LogP contribution is 2.14. The molecule has 2 aromatic carbocycles. The number of carbonyl (C=O) groups excluding carboxylic acids is 1. The molecule has 0 aromatic heterocycles. The zero-order valence-electron chi connectivity index (χ0n) is 13.4. The summed E-state index contributed by atoms with van der Waals surface area (Å²) in [7, 11) is -12.7. The molecule has 2 rings (SSSR count). The third kappa shape index (κ3) is 5.48. The fraction of sp³-hybridized carbons (Fsp3) is 0. The summed E-state index contributed by atoms with van der Waals surface area (Å²) in [6.07, 6.45) is 0. The molecule has 0 aliphatic heterocycles. The number of hydrogen-bond donors (Lipinski definition) is 4. The van der Waals surface area contributed by atoms with Crippen LogP contribution in [0.15, 0.2) is 69.3 Å². The summed E-state index contributed by atoms with van der Waals surface area (Å²) in [6.45, 7) is 0. The Kier molecular flexibility index (Phi) is 5.86. The van der Waals surface area contributed by atoms with E-state index >= 15 is 0 Å². The summed E-state index contributed by atoms with van der Waals surface area (Å²) < 4.78 is 72.3. The van der Waals surface area contributed by atoms with Crippen molar-refractivity contribution in [1.82, 2.24) is 15.0 Å². The van der Waals surface area contributed by atoms with Gasteiger partial charge in [0.05, 0.1) is 14.7 Å². The van der Waals surface area contributed by atoms with E-state index in [4.69, 9.17) is 5.14 Å². The van der Waals surface area contributed by atoms with Gasteiger partial charge in [0.1, 0.15) is 0 Å². The molecule has 0 aliphatic rings. The van der Waals surface area contributed by atoms with Gasteiger partial charge in [0, 0.05) is 0 Å². The van der Waals surface area contributed by atoms with E-state index in [1.807, 2.05) is 0 Å². The van der Waals surface area contributed by atoms with Crippen LogP contribution in [0.25, 0.3) is 0 Å². The van der Waals surface area contributed by atoms with Crippen molar-refractivity contribution in [3.05, 3.63) is 54.6 Å². The number of benzene rings is 2. The van der Waals surface area contributed by atoms with Crippen LogP contribution in [0.1, 0.15) is 0 Å². The van der Waals surface area contributed by atoms with E-state index in [0.717, 1.165) is 24.3 Å². The van der Waals surface area contributed by atoms with Crippen molar-refractivity contribution in [1.29, 1.82) is 0 Å². The predicted octanol–water partition coefficient (Wildman–Crippen LogP) is -0.785. The van der Waals surface area contributed by atoms with Crippen LogP contribution in [-0.4, -0.2) is 31.3 Å². The molecule has 0 radical (unpaired) electrons. The normalized spacial score (nSPS) is 12.3. The maximum Gasteiger partial charge on any atom is 0.343 e. The third-order valence-electron chi connectivity index (χ3n) is 3.02. The average Bonchev–Trinajstić information content (AvgIpc) is 2.60. The van der Waals surface area contributed by atoms with Crippen LogP contribution in [0.2, 0.25) is 0 Å². The van der Waals surface area contributed by atoms with Crippen LogP contribution in [-0.2, 0) is 30.1 Å². The Labute approximate surface area is 155 Å². The number of nitrogens with one attached hydrogen (secondary N) is 3. The van der Waals surface area contributed by atoms with E-state index in [-0.39, 0.29) is 4.90 Å². The highest BCUT2D eigenvalue weighted by atomic mass is 32.2. The molecule has 0 spiro atoms. The molecule has 0 heterocycles. The van der Waals surface area contributed by atoms with Gasteiger partial charge < -0.3 is 0 Å². The summed E-state index contributed by atoms with van der Waals surface area (Å²) in [5, 5.41) is 4.93. The van der Waals surface area contributed by atoms with Gasteiger partial charge in [-0.1, -0.05) is 24.3 Å². The van der Waals surface area contributed by atoms with E-state index in [0.29, 0.717) is 0 Å². The molecule has 2 aromatic rings. The first kappa shape index (κ1) is 20.8. The van der Waals surface area contributed by atoms with E-state index in [2.05, 4.69) is 0 Å². The molecule has 0 fully saturated rings. The van der Waals surface area contributed by atoms with Crippen molar-refractivity contribution in [2.75, 3.05) is 0 Å². The molecule has 0 aliphatic carbocycles. The number of nitrogens with two attached hydrogens (primary N) is 1. The number of hydrazine groups is 1. The molecule has 0 atom stereocenters. The second kappa shape index (κ2) is 7.61. The van der Waals surface area contributed by atoms with Crippen LogP contribution in [0.5, 0.6) is 0 Å². The number of sulfonamides is 3. The van der Waals surface area contributed by atoms with Crippen molar-refractivity contribution in [2.24, 2.45) is 5.14 Å². The summed E-state index contributed by atoms with van der Waals surface area (Å²) in [6, 6.07) is 9.59. The monoisotopic (exact) mass is 434 g/mol. The molecule has 2 amide bonds. The van der Waals surface area contributed by atoms with E-state index < -0.39 is 45.9 Å². The lowest BCUT2D eigenvalue weighted by Gasteiger charge is -2.10. The van der Waals surface area contributed by atoms with E-state index in [1.54, 1.807) is 21.0 Å². The van der Waals surface area contributed by atoms with Gasteiger partial charge in [-0.3, -0.25) is 5.43 Å². The Hall–Kier alpha value is -2.52. The number of urea groups is 1. The Morgan fingerprint density at radius 1 is 0.741 bits per heavy atom. The van der Waals surface area contributed by atoms with Crippen molar-refractivity contribution < 1.29 is 30.0 Å². The van der Waals surface area contributed by atoms with Gasteiger partial charge in [0.2, 0.25) is 10.0 Å². The summed E-state index contributed by atoms with van der Waals surface area (Å²) >= 11 is 0. The number of rotatable bonds is 6. The van der Waals surface area contributed by atoms with Gasteiger partial charge in [-0.05, 0) is 30.3 Å². The Balaban J connectivity index is 2.10.